The van der Waals surface area contributed by atoms with Crippen molar-refractivity contribution < 1.29 is 22.7 Å². The zero-order chi connectivity index (χ0) is 19.6. The molecule has 3 rings (SSSR count). The van der Waals surface area contributed by atoms with Gasteiger partial charge in [-0.3, -0.25) is 4.79 Å². The van der Waals surface area contributed by atoms with Crippen LogP contribution in [0.25, 0.3) is 0 Å². The lowest BCUT2D eigenvalue weighted by atomic mass is 10.2. The number of benzene rings is 2. The van der Waals surface area contributed by atoms with E-state index in [2.05, 4.69) is 5.32 Å². The Morgan fingerprint density at radius 3 is 2.26 bits per heavy atom. The van der Waals surface area contributed by atoms with E-state index in [-0.39, 0.29) is 4.90 Å². The number of hydrogen-bond acceptors (Lipinski definition) is 5. The first kappa shape index (κ1) is 19.5. The van der Waals surface area contributed by atoms with Crippen LogP contribution in [-0.2, 0) is 9.84 Å². The summed E-state index contributed by atoms with van der Waals surface area (Å²) in [5.41, 5.74) is 0.714. The SMILES string of the molecule is CC(C)S(=O)(=O)c1ccc(C(=O)Nc2cc3c(cc2Cl)OCCCO3)cc1. The Morgan fingerprint density at radius 1 is 1.07 bits per heavy atom. The lowest BCUT2D eigenvalue weighted by molar-refractivity contribution is 0.102. The molecule has 1 aliphatic heterocycles. The number of carbonyl (C=O) groups is 1. The molecule has 1 amide bonds. The molecule has 0 aliphatic carbocycles. The molecular weight excluding hydrogens is 390 g/mol. The minimum absolute atomic E-state index is 0.183. The summed E-state index contributed by atoms with van der Waals surface area (Å²) in [5, 5.41) is 2.52. The number of nitrogens with one attached hydrogen (secondary N) is 1. The first-order valence-corrected chi connectivity index (χ1v) is 10.5. The number of fused-ring (bicyclic) bond motifs is 1. The molecule has 0 fully saturated rings. The Balaban J connectivity index is 1.81. The van der Waals surface area contributed by atoms with Gasteiger partial charge >= 0.3 is 0 Å². The van der Waals surface area contributed by atoms with E-state index in [0.29, 0.717) is 41.0 Å². The lowest BCUT2D eigenvalue weighted by Gasteiger charge is -2.13. The van der Waals surface area contributed by atoms with Crippen molar-refractivity contribution in [2.24, 2.45) is 0 Å². The van der Waals surface area contributed by atoms with Gasteiger partial charge in [-0.25, -0.2) is 8.42 Å². The molecule has 1 aliphatic rings. The molecule has 2 aromatic carbocycles. The van der Waals surface area contributed by atoms with Gasteiger partial charge in [-0.05, 0) is 38.1 Å². The highest BCUT2D eigenvalue weighted by Crippen LogP contribution is 2.37. The molecule has 1 heterocycles. The molecule has 0 spiro atoms. The molecule has 0 radical (unpaired) electrons. The minimum atomic E-state index is -3.38. The molecular formula is C19H20ClNO5S. The van der Waals surface area contributed by atoms with Crippen molar-refractivity contribution in [3.8, 4) is 11.5 Å². The van der Waals surface area contributed by atoms with Gasteiger partial charge in [-0.1, -0.05) is 11.6 Å². The topological polar surface area (TPSA) is 81.7 Å². The van der Waals surface area contributed by atoms with Gasteiger partial charge in [0.25, 0.3) is 5.91 Å². The van der Waals surface area contributed by atoms with Gasteiger partial charge in [-0.2, -0.15) is 0 Å². The van der Waals surface area contributed by atoms with Crippen LogP contribution in [-0.4, -0.2) is 32.8 Å². The fourth-order valence-electron chi connectivity index (χ4n) is 2.54. The molecule has 6 nitrogen and oxygen atoms in total. The summed E-state index contributed by atoms with van der Waals surface area (Å²) in [7, 11) is -3.38. The molecule has 0 bridgehead atoms. The Morgan fingerprint density at radius 2 is 1.67 bits per heavy atom. The average Bonchev–Trinajstić information content (AvgIpc) is 2.86. The lowest BCUT2D eigenvalue weighted by Crippen LogP contribution is -2.15. The maximum atomic E-state index is 12.5. The van der Waals surface area contributed by atoms with Gasteiger partial charge in [0.05, 0.1) is 34.1 Å². The van der Waals surface area contributed by atoms with Crippen LogP contribution in [0.1, 0.15) is 30.6 Å². The summed E-state index contributed by atoms with van der Waals surface area (Å²) in [6.45, 7) is 4.29. The number of ether oxygens (including phenoxy) is 2. The van der Waals surface area contributed by atoms with E-state index in [1.165, 1.54) is 24.3 Å². The van der Waals surface area contributed by atoms with Gasteiger partial charge in [0.1, 0.15) is 0 Å². The molecule has 0 atom stereocenters. The summed E-state index contributed by atoms with van der Waals surface area (Å²) in [6.07, 6.45) is 0.764. The average molecular weight is 410 g/mol. The van der Waals surface area contributed by atoms with Crippen molar-refractivity contribution in [2.45, 2.75) is 30.4 Å². The maximum absolute atomic E-state index is 12.5. The van der Waals surface area contributed by atoms with E-state index in [1.807, 2.05) is 0 Å². The Labute approximate surface area is 163 Å². The zero-order valence-corrected chi connectivity index (χ0v) is 16.6. The van der Waals surface area contributed by atoms with Crippen molar-refractivity contribution >= 4 is 33.0 Å². The van der Waals surface area contributed by atoms with Crippen molar-refractivity contribution in [2.75, 3.05) is 18.5 Å². The predicted octanol–water partition coefficient (Wildman–Crippen LogP) is 3.94. The van der Waals surface area contributed by atoms with E-state index in [1.54, 1.807) is 26.0 Å². The quantitative estimate of drug-likeness (QED) is 0.827. The third-order valence-electron chi connectivity index (χ3n) is 4.15. The highest BCUT2D eigenvalue weighted by molar-refractivity contribution is 7.92. The van der Waals surface area contributed by atoms with Crippen molar-refractivity contribution in [3.05, 3.63) is 47.0 Å². The second-order valence-electron chi connectivity index (χ2n) is 6.40. The third kappa shape index (κ3) is 4.20. The number of amides is 1. The fourth-order valence-corrected chi connectivity index (χ4v) is 3.80. The van der Waals surface area contributed by atoms with Crippen LogP contribution in [0.15, 0.2) is 41.3 Å². The predicted molar refractivity (Wildman–Crippen MR) is 104 cm³/mol. The Bertz CT molecular complexity index is 955. The first-order valence-electron chi connectivity index (χ1n) is 8.53. The zero-order valence-electron chi connectivity index (χ0n) is 15.0. The van der Waals surface area contributed by atoms with Crippen LogP contribution in [0, 0.1) is 0 Å². The summed E-state index contributed by atoms with van der Waals surface area (Å²) < 4.78 is 35.5. The maximum Gasteiger partial charge on any atom is 0.255 e. The van der Waals surface area contributed by atoms with Crippen LogP contribution in [0.2, 0.25) is 5.02 Å². The fraction of sp³-hybridized carbons (Fsp3) is 0.316. The third-order valence-corrected chi connectivity index (χ3v) is 6.63. The number of sulfone groups is 1. The summed E-state index contributed by atoms with van der Waals surface area (Å²) in [4.78, 5) is 12.7. The van der Waals surface area contributed by atoms with Crippen LogP contribution in [0.4, 0.5) is 5.69 Å². The molecule has 144 valence electrons. The van der Waals surface area contributed by atoms with Crippen LogP contribution >= 0.6 is 11.6 Å². The molecule has 0 saturated carbocycles. The van der Waals surface area contributed by atoms with E-state index in [0.717, 1.165) is 6.42 Å². The van der Waals surface area contributed by atoms with E-state index >= 15 is 0 Å². The molecule has 0 saturated heterocycles. The molecule has 8 heteroatoms. The molecule has 27 heavy (non-hydrogen) atoms. The van der Waals surface area contributed by atoms with Crippen molar-refractivity contribution in [1.29, 1.82) is 0 Å². The van der Waals surface area contributed by atoms with E-state index in [9.17, 15) is 13.2 Å². The second-order valence-corrected chi connectivity index (χ2v) is 9.31. The summed E-state index contributed by atoms with van der Waals surface area (Å²) in [6, 6.07) is 9.04. The number of rotatable bonds is 4. The van der Waals surface area contributed by atoms with Gasteiger partial charge in [0, 0.05) is 24.1 Å². The summed E-state index contributed by atoms with van der Waals surface area (Å²) >= 11 is 6.24. The number of anilines is 1. The summed E-state index contributed by atoms with van der Waals surface area (Å²) in [5.74, 6) is 0.657. The van der Waals surface area contributed by atoms with Gasteiger partial charge in [-0.15, -0.1) is 0 Å². The Kier molecular flexibility index (Phi) is 5.62. The Hall–Kier alpha value is -2.25. The van der Waals surface area contributed by atoms with Gasteiger partial charge in [0.2, 0.25) is 0 Å². The smallest absolute Gasteiger partial charge is 0.255 e. The van der Waals surface area contributed by atoms with Gasteiger partial charge in [0.15, 0.2) is 21.3 Å². The second kappa shape index (κ2) is 7.78. The minimum Gasteiger partial charge on any atom is -0.490 e. The number of halogens is 1. The van der Waals surface area contributed by atoms with Gasteiger partial charge < -0.3 is 14.8 Å². The normalized spacial score (nSPS) is 13.9. The van der Waals surface area contributed by atoms with E-state index < -0.39 is 21.0 Å². The largest absolute Gasteiger partial charge is 0.490 e. The monoisotopic (exact) mass is 409 g/mol. The van der Waals surface area contributed by atoms with Crippen LogP contribution in [0.5, 0.6) is 11.5 Å². The molecule has 1 N–H and O–H groups in total. The standard InChI is InChI=1S/C19H20ClNO5S/c1-12(2)27(23,24)14-6-4-13(5-7-14)19(22)21-16-11-18-17(10-15(16)20)25-8-3-9-26-18/h4-7,10-12H,3,8-9H2,1-2H3,(H,21,22). The van der Waals surface area contributed by atoms with Crippen LogP contribution in [0.3, 0.4) is 0 Å². The van der Waals surface area contributed by atoms with Crippen LogP contribution < -0.4 is 14.8 Å². The van der Waals surface area contributed by atoms with E-state index in [4.69, 9.17) is 21.1 Å². The molecule has 0 aromatic heterocycles. The highest BCUT2D eigenvalue weighted by atomic mass is 35.5. The first-order chi connectivity index (χ1) is 12.8. The van der Waals surface area contributed by atoms with Crippen molar-refractivity contribution in [1.82, 2.24) is 0 Å². The number of hydrogen-bond donors (Lipinski definition) is 1. The van der Waals surface area contributed by atoms with Crippen molar-refractivity contribution in [3.63, 3.8) is 0 Å². The molecule has 2 aromatic rings. The highest BCUT2D eigenvalue weighted by Gasteiger charge is 2.20. The number of carbonyl (C=O) groups excluding carboxylic acids is 1. The molecule has 0 unspecified atom stereocenters.